The third-order valence-electron chi connectivity index (χ3n) is 3.69. The number of ether oxygens (including phenoxy) is 2. The Kier molecular flexibility index (Phi) is 7.05. The maximum Gasteiger partial charge on any atom is 0.250 e. The van der Waals surface area contributed by atoms with Crippen molar-refractivity contribution in [3.8, 4) is 16.2 Å². The number of amides is 1. The molecular weight excluding hydrogens is 348 g/mol. The van der Waals surface area contributed by atoms with Crippen molar-refractivity contribution in [2.24, 2.45) is 0 Å². The Balaban J connectivity index is 0.00000208. The number of carbonyl (C=O) groups excluding carboxylic acids is 1. The molecule has 0 aliphatic carbocycles. The Morgan fingerprint density at radius 1 is 1.33 bits per heavy atom. The molecule has 1 aliphatic rings. The number of methoxy groups -OCH3 is 1. The van der Waals surface area contributed by atoms with E-state index in [-0.39, 0.29) is 24.4 Å². The van der Waals surface area contributed by atoms with Crippen molar-refractivity contribution < 1.29 is 14.3 Å². The largest absolute Gasteiger partial charge is 0.497 e. The number of hydrogen-bond acceptors (Lipinski definition) is 5. The summed E-state index contributed by atoms with van der Waals surface area (Å²) in [6, 6.07) is 12.1. The summed E-state index contributed by atoms with van der Waals surface area (Å²) in [6.45, 7) is 2.49. The van der Waals surface area contributed by atoms with E-state index in [0.717, 1.165) is 22.7 Å². The van der Waals surface area contributed by atoms with E-state index < -0.39 is 0 Å². The molecule has 0 saturated carbocycles. The van der Waals surface area contributed by atoms with E-state index in [1.807, 2.05) is 30.3 Å². The van der Waals surface area contributed by atoms with Crippen LogP contribution in [0.25, 0.3) is 10.4 Å². The summed E-state index contributed by atoms with van der Waals surface area (Å²) in [4.78, 5) is 14.3. The Morgan fingerprint density at radius 2 is 2.12 bits per heavy atom. The molecular formula is C17H21ClN2O3S. The molecule has 5 nitrogen and oxygen atoms in total. The van der Waals surface area contributed by atoms with Crippen molar-refractivity contribution in [2.45, 2.75) is 12.6 Å². The van der Waals surface area contributed by atoms with Crippen LogP contribution in [0.4, 0.5) is 0 Å². The van der Waals surface area contributed by atoms with E-state index in [1.165, 1.54) is 4.88 Å². The third kappa shape index (κ3) is 4.70. The number of carbonyl (C=O) groups is 1. The van der Waals surface area contributed by atoms with E-state index in [4.69, 9.17) is 9.47 Å². The molecule has 1 aromatic heterocycles. The quantitative estimate of drug-likeness (QED) is 0.851. The molecule has 1 atom stereocenters. The van der Waals surface area contributed by atoms with Crippen LogP contribution in [0, 0.1) is 0 Å². The topological polar surface area (TPSA) is 59.6 Å². The highest BCUT2D eigenvalue weighted by Crippen LogP contribution is 2.29. The van der Waals surface area contributed by atoms with Gasteiger partial charge in [-0.05, 0) is 42.0 Å². The summed E-state index contributed by atoms with van der Waals surface area (Å²) >= 11 is 1.68. The van der Waals surface area contributed by atoms with Gasteiger partial charge in [-0.1, -0.05) is 0 Å². The van der Waals surface area contributed by atoms with Gasteiger partial charge in [-0.3, -0.25) is 4.79 Å². The fourth-order valence-electron chi connectivity index (χ4n) is 2.41. The van der Waals surface area contributed by atoms with Crippen molar-refractivity contribution >= 4 is 29.7 Å². The van der Waals surface area contributed by atoms with Crippen molar-refractivity contribution in [3.63, 3.8) is 0 Å². The van der Waals surface area contributed by atoms with Crippen molar-refractivity contribution in [3.05, 3.63) is 41.3 Å². The smallest absolute Gasteiger partial charge is 0.250 e. The normalized spacial score (nSPS) is 17.0. The molecule has 130 valence electrons. The second-order valence-electron chi connectivity index (χ2n) is 5.28. The summed E-state index contributed by atoms with van der Waals surface area (Å²) in [5.41, 5.74) is 1.15. The highest BCUT2D eigenvalue weighted by molar-refractivity contribution is 7.15. The summed E-state index contributed by atoms with van der Waals surface area (Å²) in [5.74, 6) is 0.787. The maximum absolute atomic E-state index is 12.0. The Morgan fingerprint density at radius 3 is 2.79 bits per heavy atom. The minimum absolute atomic E-state index is 0. The second-order valence-corrected chi connectivity index (χ2v) is 6.44. The zero-order valence-corrected chi connectivity index (χ0v) is 15.0. The summed E-state index contributed by atoms with van der Waals surface area (Å²) in [5, 5.41) is 6.09. The van der Waals surface area contributed by atoms with Crippen LogP contribution in [0.2, 0.25) is 0 Å². The van der Waals surface area contributed by atoms with Gasteiger partial charge in [-0.25, -0.2) is 0 Å². The van der Waals surface area contributed by atoms with Gasteiger partial charge in [0.1, 0.15) is 11.9 Å². The molecule has 2 heterocycles. The number of hydrogen-bond donors (Lipinski definition) is 2. The molecule has 24 heavy (non-hydrogen) atoms. The standard InChI is InChI=1S/C17H20N2O3S.ClH/c1-21-13-4-2-12(3-5-13)16-7-6-14(23-16)10-19-17(20)15-11-18-8-9-22-15;/h2-7,15,18H,8-11H2,1H3,(H,19,20);1H. The van der Waals surface area contributed by atoms with Crippen LogP contribution >= 0.6 is 23.7 Å². The van der Waals surface area contributed by atoms with Gasteiger partial charge in [0.25, 0.3) is 5.91 Å². The monoisotopic (exact) mass is 368 g/mol. The van der Waals surface area contributed by atoms with Gasteiger partial charge in [0.15, 0.2) is 0 Å². The van der Waals surface area contributed by atoms with Gasteiger partial charge in [0.05, 0.1) is 20.3 Å². The molecule has 7 heteroatoms. The van der Waals surface area contributed by atoms with Gasteiger partial charge in [-0.2, -0.15) is 0 Å². The van der Waals surface area contributed by atoms with Gasteiger partial charge in [0, 0.05) is 22.8 Å². The fourth-order valence-corrected chi connectivity index (χ4v) is 3.36. The molecule has 1 aromatic carbocycles. The lowest BCUT2D eigenvalue weighted by molar-refractivity contribution is -0.134. The summed E-state index contributed by atoms with van der Waals surface area (Å²) < 4.78 is 10.6. The van der Waals surface area contributed by atoms with Crippen LogP contribution in [0.1, 0.15) is 4.88 Å². The summed E-state index contributed by atoms with van der Waals surface area (Å²) in [6.07, 6.45) is -0.384. The predicted octanol–water partition coefficient (Wildman–Crippen LogP) is 2.45. The van der Waals surface area contributed by atoms with E-state index in [2.05, 4.69) is 16.7 Å². The molecule has 1 unspecified atom stereocenters. The molecule has 2 aromatic rings. The molecule has 0 spiro atoms. The number of halogens is 1. The Labute approximate surface area is 151 Å². The predicted molar refractivity (Wildman–Crippen MR) is 98.0 cm³/mol. The second kappa shape index (κ2) is 9.03. The van der Waals surface area contributed by atoms with Crippen molar-refractivity contribution in [2.75, 3.05) is 26.8 Å². The number of rotatable bonds is 5. The molecule has 3 rings (SSSR count). The van der Waals surface area contributed by atoms with Crippen LogP contribution in [0.3, 0.4) is 0 Å². The van der Waals surface area contributed by atoms with Crippen LogP contribution in [0.15, 0.2) is 36.4 Å². The van der Waals surface area contributed by atoms with Crippen molar-refractivity contribution in [1.29, 1.82) is 0 Å². The average Bonchev–Trinajstić information content (AvgIpc) is 3.09. The lowest BCUT2D eigenvalue weighted by Crippen LogP contribution is -2.47. The van der Waals surface area contributed by atoms with Crippen LogP contribution < -0.4 is 15.4 Å². The molecule has 1 fully saturated rings. The minimum atomic E-state index is -0.384. The van der Waals surface area contributed by atoms with Gasteiger partial charge in [0.2, 0.25) is 0 Å². The Hall–Kier alpha value is -1.60. The van der Waals surface area contributed by atoms with Crippen LogP contribution in [-0.4, -0.2) is 38.8 Å². The van der Waals surface area contributed by atoms with E-state index >= 15 is 0 Å². The first-order chi connectivity index (χ1) is 11.3. The zero-order valence-electron chi connectivity index (χ0n) is 13.4. The van der Waals surface area contributed by atoms with Crippen molar-refractivity contribution in [1.82, 2.24) is 10.6 Å². The highest BCUT2D eigenvalue weighted by atomic mass is 35.5. The van der Waals surface area contributed by atoms with E-state index in [0.29, 0.717) is 19.7 Å². The molecule has 1 saturated heterocycles. The molecule has 0 radical (unpaired) electrons. The van der Waals surface area contributed by atoms with Gasteiger partial charge >= 0.3 is 0 Å². The maximum atomic E-state index is 12.0. The van der Waals surface area contributed by atoms with Gasteiger partial charge in [-0.15, -0.1) is 23.7 Å². The van der Waals surface area contributed by atoms with Crippen LogP contribution in [0.5, 0.6) is 5.75 Å². The molecule has 1 amide bonds. The SMILES string of the molecule is COc1ccc(-c2ccc(CNC(=O)C3CNCCO3)s2)cc1.Cl. The number of morpholine rings is 1. The first-order valence-electron chi connectivity index (χ1n) is 7.59. The van der Waals surface area contributed by atoms with Gasteiger partial charge < -0.3 is 20.1 Å². The molecule has 1 aliphatic heterocycles. The van der Waals surface area contributed by atoms with Crippen LogP contribution in [-0.2, 0) is 16.1 Å². The average molecular weight is 369 g/mol. The fraction of sp³-hybridized carbons (Fsp3) is 0.353. The highest BCUT2D eigenvalue weighted by Gasteiger charge is 2.21. The number of nitrogens with one attached hydrogen (secondary N) is 2. The zero-order chi connectivity index (χ0) is 16.1. The van der Waals surface area contributed by atoms with E-state index in [1.54, 1.807) is 18.4 Å². The lowest BCUT2D eigenvalue weighted by Gasteiger charge is -2.22. The van der Waals surface area contributed by atoms with E-state index in [9.17, 15) is 4.79 Å². The number of thiophene rings is 1. The minimum Gasteiger partial charge on any atom is -0.497 e. The number of benzene rings is 1. The first-order valence-corrected chi connectivity index (χ1v) is 8.41. The molecule has 2 N–H and O–H groups in total. The Bertz CT molecular complexity index is 654. The first kappa shape index (κ1) is 18.7. The lowest BCUT2D eigenvalue weighted by atomic mass is 10.2. The summed E-state index contributed by atoms with van der Waals surface area (Å²) in [7, 11) is 1.66. The third-order valence-corrected chi connectivity index (χ3v) is 4.83. The molecule has 0 bridgehead atoms.